The van der Waals surface area contributed by atoms with Gasteiger partial charge in [-0.25, -0.2) is 20.1 Å². The van der Waals surface area contributed by atoms with Gasteiger partial charge in [0.25, 0.3) is 0 Å². The molecule has 0 heterocycles. The van der Waals surface area contributed by atoms with E-state index in [0.717, 1.165) is 12.4 Å². The molecule has 2 aliphatic rings. The van der Waals surface area contributed by atoms with E-state index in [-0.39, 0.29) is 5.60 Å². The SMILES string of the molecule is CCC(C)(C)OCS(C)(C1C=C(CS(C)(C)C)c2ccccc21)C1C(CS(C)(C)C)=Cc2ccccc21. The molecule has 2 aliphatic carbocycles. The third kappa shape index (κ3) is 6.40. The normalized spacial score (nSPS) is 23.0. The Kier molecular flexibility index (Phi) is 8.20. The maximum atomic E-state index is 6.91. The summed E-state index contributed by atoms with van der Waals surface area (Å²) in [5.74, 6) is 3.21. The summed E-state index contributed by atoms with van der Waals surface area (Å²) in [6.07, 6.45) is 23.6. The van der Waals surface area contributed by atoms with Crippen LogP contribution in [0.3, 0.4) is 0 Å². The lowest BCUT2D eigenvalue weighted by Gasteiger charge is -2.49. The number of hydrogen-bond acceptors (Lipinski definition) is 1. The molecule has 0 saturated heterocycles. The number of rotatable bonds is 10. The van der Waals surface area contributed by atoms with Gasteiger partial charge in [0, 0.05) is 16.3 Å². The molecule has 4 heteroatoms. The zero-order valence-electron chi connectivity index (χ0n) is 24.9. The largest absolute Gasteiger partial charge is 0.366 e. The van der Waals surface area contributed by atoms with Crippen LogP contribution in [0.15, 0.2) is 60.2 Å². The topological polar surface area (TPSA) is 9.23 Å². The summed E-state index contributed by atoms with van der Waals surface area (Å²) in [5.41, 5.74) is 9.05. The van der Waals surface area contributed by atoms with Crippen LogP contribution in [0.5, 0.6) is 0 Å². The summed E-state index contributed by atoms with van der Waals surface area (Å²) in [4.78, 5) is 0. The molecular weight excluding hydrogens is 509 g/mol. The molecule has 3 unspecified atom stereocenters. The molecule has 0 fully saturated rings. The van der Waals surface area contributed by atoms with Crippen LogP contribution >= 0.6 is 30.1 Å². The zero-order valence-corrected chi connectivity index (χ0v) is 27.3. The smallest absolute Gasteiger partial charge is 0.0791 e. The van der Waals surface area contributed by atoms with Gasteiger partial charge in [-0.15, -0.1) is 0 Å². The van der Waals surface area contributed by atoms with E-state index in [1.54, 1.807) is 11.1 Å². The summed E-state index contributed by atoms with van der Waals surface area (Å²) >= 11 is 0. The predicted octanol–water partition coefficient (Wildman–Crippen LogP) is 9.25. The van der Waals surface area contributed by atoms with E-state index in [2.05, 4.69) is 125 Å². The summed E-state index contributed by atoms with van der Waals surface area (Å²) in [5, 5.41) is 0.835. The van der Waals surface area contributed by atoms with Gasteiger partial charge < -0.3 is 4.74 Å². The van der Waals surface area contributed by atoms with Gasteiger partial charge >= 0.3 is 0 Å². The van der Waals surface area contributed by atoms with E-state index < -0.39 is 30.1 Å². The Morgan fingerprint density at radius 1 is 0.784 bits per heavy atom. The molecule has 2 aromatic carbocycles. The van der Waals surface area contributed by atoms with E-state index in [9.17, 15) is 0 Å². The van der Waals surface area contributed by atoms with Crippen LogP contribution in [0.1, 0.15) is 59.9 Å². The molecule has 2 aromatic rings. The molecule has 4 rings (SSSR count). The molecule has 0 N–H and O–H groups in total. The van der Waals surface area contributed by atoms with Gasteiger partial charge in [-0.1, -0.05) is 67.6 Å². The molecule has 0 aromatic heterocycles. The van der Waals surface area contributed by atoms with Crippen LogP contribution in [0.2, 0.25) is 0 Å². The quantitative estimate of drug-likeness (QED) is 0.282. The van der Waals surface area contributed by atoms with E-state index in [4.69, 9.17) is 4.74 Å². The number of benzene rings is 2. The molecule has 206 valence electrons. The van der Waals surface area contributed by atoms with E-state index in [0.29, 0.717) is 10.5 Å². The first-order chi connectivity index (χ1) is 17.1. The van der Waals surface area contributed by atoms with E-state index >= 15 is 0 Å². The molecule has 0 spiro atoms. The highest BCUT2D eigenvalue weighted by Gasteiger charge is 2.46. The average molecular weight is 559 g/mol. The van der Waals surface area contributed by atoms with E-state index in [1.807, 2.05) is 0 Å². The maximum absolute atomic E-state index is 6.91. The highest BCUT2D eigenvalue weighted by Crippen LogP contribution is 2.74. The monoisotopic (exact) mass is 558 g/mol. The van der Waals surface area contributed by atoms with Crippen LogP contribution in [-0.2, 0) is 4.74 Å². The highest BCUT2D eigenvalue weighted by molar-refractivity contribution is 8.34. The molecule has 0 amide bonds. The standard InChI is InChI=1S/C33H50OS3/c1-11-33(2,3)34-24-37(10,31-21-26(22-35(4,5)6)28-17-14-15-19-30(28)31)32-27(23-36(7,8)9)20-25-16-12-13-18-29(25)32/h12-21,31-32H,11,22-24H2,1-10H3. The second-order valence-electron chi connectivity index (χ2n) is 13.5. The van der Waals surface area contributed by atoms with Crippen molar-refractivity contribution < 1.29 is 4.74 Å². The summed E-state index contributed by atoms with van der Waals surface area (Å²) < 4.78 is 6.91. The zero-order chi connectivity index (χ0) is 27.2. The Morgan fingerprint density at radius 3 is 2.00 bits per heavy atom. The van der Waals surface area contributed by atoms with Crippen molar-refractivity contribution in [2.45, 2.75) is 43.3 Å². The fourth-order valence-electron chi connectivity index (χ4n) is 5.72. The molecule has 1 nitrogen and oxygen atoms in total. The van der Waals surface area contributed by atoms with Crippen molar-refractivity contribution >= 4 is 41.7 Å². The number of ether oxygens (including phenoxy) is 1. The summed E-state index contributed by atoms with van der Waals surface area (Å²) in [6.45, 7) is 6.78. The van der Waals surface area contributed by atoms with Crippen LogP contribution < -0.4 is 0 Å². The van der Waals surface area contributed by atoms with Crippen LogP contribution in [0.4, 0.5) is 0 Å². The van der Waals surface area contributed by atoms with Gasteiger partial charge in [0.15, 0.2) is 0 Å². The fourth-order valence-corrected chi connectivity index (χ4v) is 12.3. The van der Waals surface area contributed by atoms with Crippen LogP contribution in [0.25, 0.3) is 11.6 Å². The lowest BCUT2D eigenvalue weighted by atomic mass is 10.1. The maximum Gasteiger partial charge on any atom is 0.0791 e. The van der Waals surface area contributed by atoms with Crippen LogP contribution in [0, 0.1) is 0 Å². The fraction of sp³-hybridized carbons (Fsp3) is 0.515. The molecule has 0 radical (unpaired) electrons. The Balaban J connectivity index is 1.89. The molecule has 3 atom stereocenters. The third-order valence-corrected chi connectivity index (χ3v) is 14.0. The first kappa shape index (κ1) is 28.9. The molecule has 0 bridgehead atoms. The minimum absolute atomic E-state index is 0.119. The Bertz CT molecular complexity index is 1190. The second kappa shape index (κ2) is 10.5. The van der Waals surface area contributed by atoms with E-state index in [1.165, 1.54) is 33.8 Å². The number of hydrogen-bond donors (Lipinski definition) is 0. The third-order valence-electron chi connectivity index (χ3n) is 7.78. The van der Waals surface area contributed by atoms with Crippen molar-refractivity contribution in [2.75, 3.05) is 61.2 Å². The molecule has 0 aliphatic heterocycles. The van der Waals surface area contributed by atoms with Crippen molar-refractivity contribution in [3.63, 3.8) is 0 Å². The average Bonchev–Trinajstić information content (AvgIpc) is 3.34. The van der Waals surface area contributed by atoms with Gasteiger partial charge in [0.05, 0.1) is 11.5 Å². The van der Waals surface area contributed by atoms with Crippen LogP contribution in [-0.4, -0.2) is 66.8 Å². The van der Waals surface area contributed by atoms with Gasteiger partial charge in [-0.05, 0) is 103 Å². The first-order valence-corrected chi connectivity index (χ1v) is 21.8. The Labute approximate surface area is 232 Å². The van der Waals surface area contributed by atoms with Crippen molar-refractivity contribution in [1.29, 1.82) is 0 Å². The van der Waals surface area contributed by atoms with Crippen molar-refractivity contribution in [1.82, 2.24) is 0 Å². The van der Waals surface area contributed by atoms with Gasteiger partial charge in [0.2, 0.25) is 0 Å². The summed E-state index contributed by atoms with van der Waals surface area (Å²) in [6, 6.07) is 18.5. The number of fused-ring (bicyclic) bond motifs is 2. The van der Waals surface area contributed by atoms with Gasteiger partial charge in [-0.3, -0.25) is 0 Å². The Hall–Kier alpha value is -1.07. The predicted molar refractivity (Wildman–Crippen MR) is 179 cm³/mol. The summed E-state index contributed by atoms with van der Waals surface area (Å²) in [7, 11) is -2.67. The van der Waals surface area contributed by atoms with Gasteiger partial charge in [0.1, 0.15) is 0 Å². The van der Waals surface area contributed by atoms with Gasteiger partial charge in [-0.2, -0.15) is 10.0 Å². The molecule has 37 heavy (non-hydrogen) atoms. The van der Waals surface area contributed by atoms with Crippen molar-refractivity contribution in [3.05, 3.63) is 82.4 Å². The minimum atomic E-state index is -1.32. The lowest BCUT2D eigenvalue weighted by Crippen LogP contribution is -2.29. The lowest BCUT2D eigenvalue weighted by molar-refractivity contribution is 0.00769. The first-order valence-electron chi connectivity index (χ1n) is 13.4. The minimum Gasteiger partial charge on any atom is -0.366 e. The second-order valence-corrected chi connectivity index (χ2v) is 26.1. The van der Waals surface area contributed by atoms with Crippen molar-refractivity contribution in [3.8, 4) is 0 Å². The molecular formula is C33H50OS3. The highest BCUT2D eigenvalue weighted by atomic mass is 32.3. The van der Waals surface area contributed by atoms with Crippen molar-refractivity contribution in [2.24, 2.45) is 0 Å². The molecule has 0 saturated carbocycles. The Morgan fingerprint density at radius 2 is 1.38 bits per heavy atom.